The maximum absolute atomic E-state index is 11.1. The highest BCUT2D eigenvalue weighted by molar-refractivity contribution is 5.70. The second-order valence-electron chi connectivity index (χ2n) is 4.59. The lowest BCUT2D eigenvalue weighted by atomic mass is 10.1. The highest BCUT2D eigenvalue weighted by atomic mass is 16.5. The van der Waals surface area contributed by atoms with Gasteiger partial charge >= 0.3 is 5.97 Å². The van der Waals surface area contributed by atoms with Crippen LogP contribution in [0, 0.1) is 5.92 Å². The Hall–Kier alpha value is -0.650. The van der Waals surface area contributed by atoms with Crippen LogP contribution in [0.15, 0.2) is 0 Å². The molecule has 0 aromatic carbocycles. The number of hydrogen-bond acceptors (Lipinski definition) is 4. The van der Waals surface area contributed by atoms with Gasteiger partial charge < -0.3 is 14.7 Å². The fourth-order valence-corrected chi connectivity index (χ4v) is 2.21. The van der Waals surface area contributed by atoms with Crippen LogP contribution in [0.1, 0.15) is 6.92 Å². The molecule has 1 N–H and O–H groups in total. The molecule has 1 rings (SSSR count). The fraction of sp³-hybridized carbons (Fsp3) is 0.909. The predicted octanol–water partition coefficient (Wildman–Crippen LogP) is -0.0305. The molecular weight excluding hydrogens is 208 g/mol. The summed E-state index contributed by atoms with van der Waals surface area (Å²) in [6.07, 6.45) is 0. The van der Waals surface area contributed by atoms with E-state index in [4.69, 9.17) is 9.84 Å². The first-order chi connectivity index (χ1) is 7.54. The second kappa shape index (κ2) is 6.18. The summed E-state index contributed by atoms with van der Waals surface area (Å²) in [5.74, 6) is -1.00. The van der Waals surface area contributed by atoms with Crippen molar-refractivity contribution in [3.8, 4) is 0 Å². The number of carboxylic acids is 1. The van der Waals surface area contributed by atoms with Crippen molar-refractivity contribution in [2.45, 2.75) is 13.0 Å². The van der Waals surface area contributed by atoms with Gasteiger partial charge in [0.1, 0.15) is 0 Å². The normalized spacial score (nSPS) is 28.9. The van der Waals surface area contributed by atoms with Crippen molar-refractivity contribution in [2.75, 3.05) is 46.9 Å². The van der Waals surface area contributed by atoms with Crippen LogP contribution < -0.4 is 0 Å². The van der Waals surface area contributed by atoms with Gasteiger partial charge in [-0.25, -0.2) is 0 Å². The molecular formula is C11H22N2O3. The van der Waals surface area contributed by atoms with Crippen LogP contribution in [-0.2, 0) is 9.53 Å². The van der Waals surface area contributed by atoms with Gasteiger partial charge in [0.05, 0.1) is 12.5 Å². The molecule has 1 aliphatic heterocycles. The smallest absolute Gasteiger partial charge is 0.309 e. The van der Waals surface area contributed by atoms with Gasteiger partial charge in [0.2, 0.25) is 0 Å². The molecule has 5 nitrogen and oxygen atoms in total. The molecule has 2 unspecified atom stereocenters. The maximum atomic E-state index is 11.1. The molecule has 0 spiro atoms. The Kier molecular flexibility index (Phi) is 5.18. The third-order valence-corrected chi connectivity index (χ3v) is 3.12. The fourth-order valence-electron chi connectivity index (χ4n) is 2.21. The highest BCUT2D eigenvalue weighted by Gasteiger charge is 2.29. The molecule has 0 radical (unpaired) electrons. The monoisotopic (exact) mass is 230 g/mol. The van der Waals surface area contributed by atoms with Crippen LogP contribution in [0.4, 0.5) is 0 Å². The van der Waals surface area contributed by atoms with Gasteiger partial charge in [-0.2, -0.15) is 0 Å². The Labute approximate surface area is 97.0 Å². The van der Waals surface area contributed by atoms with Crippen LogP contribution >= 0.6 is 0 Å². The van der Waals surface area contributed by atoms with Gasteiger partial charge in [-0.3, -0.25) is 9.69 Å². The summed E-state index contributed by atoms with van der Waals surface area (Å²) in [4.78, 5) is 15.4. The number of hydrogen-bond donors (Lipinski definition) is 1. The van der Waals surface area contributed by atoms with Crippen molar-refractivity contribution in [1.29, 1.82) is 0 Å². The topological polar surface area (TPSA) is 53.0 Å². The molecule has 0 aromatic heterocycles. The van der Waals surface area contributed by atoms with E-state index < -0.39 is 5.97 Å². The summed E-state index contributed by atoms with van der Waals surface area (Å²) < 4.78 is 5.05. The zero-order valence-electron chi connectivity index (χ0n) is 10.3. The molecule has 1 fully saturated rings. The average Bonchev–Trinajstić information content (AvgIpc) is 2.34. The van der Waals surface area contributed by atoms with E-state index in [1.807, 2.05) is 7.05 Å². The van der Waals surface area contributed by atoms with Gasteiger partial charge in [-0.15, -0.1) is 0 Å². The lowest BCUT2D eigenvalue weighted by Gasteiger charge is -2.27. The molecule has 1 saturated heterocycles. The molecule has 0 aliphatic carbocycles. The third-order valence-electron chi connectivity index (χ3n) is 3.12. The van der Waals surface area contributed by atoms with Crippen LogP contribution in [0.5, 0.6) is 0 Å². The van der Waals surface area contributed by atoms with E-state index in [-0.39, 0.29) is 5.92 Å². The van der Waals surface area contributed by atoms with Crippen molar-refractivity contribution >= 4 is 5.97 Å². The average molecular weight is 230 g/mol. The molecule has 0 amide bonds. The first kappa shape index (κ1) is 13.4. The van der Waals surface area contributed by atoms with Crippen LogP contribution in [0.3, 0.4) is 0 Å². The SMILES string of the molecule is COCCN1CC(C(=O)O)CN(C)CC1C. The molecule has 0 bridgehead atoms. The third kappa shape index (κ3) is 3.73. The summed E-state index contributed by atoms with van der Waals surface area (Å²) in [7, 11) is 3.65. The van der Waals surface area contributed by atoms with Crippen molar-refractivity contribution in [1.82, 2.24) is 9.80 Å². The number of rotatable bonds is 4. The summed E-state index contributed by atoms with van der Waals surface area (Å²) in [6, 6.07) is 0.379. The molecule has 2 atom stereocenters. The molecule has 94 valence electrons. The van der Waals surface area contributed by atoms with Gasteiger partial charge in [-0.1, -0.05) is 0 Å². The highest BCUT2D eigenvalue weighted by Crippen LogP contribution is 2.13. The van der Waals surface area contributed by atoms with Gasteiger partial charge in [0, 0.05) is 39.3 Å². The summed E-state index contributed by atoms with van der Waals surface area (Å²) in [5.41, 5.74) is 0. The minimum atomic E-state index is -0.705. The number of aliphatic carboxylic acids is 1. The van der Waals surface area contributed by atoms with Gasteiger partial charge in [0.15, 0.2) is 0 Å². The Morgan fingerprint density at radius 2 is 2.12 bits per heavy atom. The quantitative estimate of drug-likeness (QED) is 0.735. The first-order valence-corrected chi connectivity index (χ1v) is 5.69. The van der Waals surface area contributed by atoms with Crippen LogP contribution in [0.25, 0.3) is 0 Å². The number of likely N-dealkylation sites (N-methyl/N-ethyl adjacent to an activating group) is 1. The van der Waals surface area contributed by atoms with Crippen molar-refractivity contribution in [2.24, 2.45) is 5.92 Å². The van der Waals surface area contributed by atoms with Gasteiger partial charge in [-0.05, 0) is 14.0 Å². The number of carboxylic acid groups (broad SMARTS) is 1. The van der Waals surface area contributed by atoms with E-state index >= 15 is 0 Å². The zero-order chi connectivity index (χ0) is 12.1. The Morgan fingerprint density at radius 3 is 2.69 bits per heavy atom. The molecule has 1 heterocycles. The van der Waals surface area contributed by atoms with Crippen LogP contribution in [-0.4, -0.2) is 73.9 Å². The van der Waals surface area contributed by atoms with E-state index in [1.165, 1.54) is 0 Å². The Balaban J connectivity index is 2.62. The molecule has 16 heavy (non-hydrogen) atoms. The molecule has 0 aromatic rings. The van der Waals surface area contributed by atoms with E-state index in [1.54, 1.807) is 7.11 Å². The van der Waals surface area contributed by atoms with Crippen molar-refractivity contribution < 1.29 is 14.6 Å². The minimum absolute atomic E-state index is 0.299. The van der Waals surface area contributed by atoms with E-state index in [2.05, 4.69) is 16.7 Å². The van der Waals surface area contributed by atoms with Crippen LogP contribution in [0.2, 0.25) is 0 Å². The molecule has 0 saturated carbocycles. The second-order valence-corrected chi connectivity index (χ2v) is 4.59. The Bertz CT molecular complexity index is 235. The first-order valence-electron chi connectivity index (χ1n) is 5.69. The summed E-state index contributed by atoms with van der Waals surface area (Å²) >= 11 is 0. The van der Waals surface area contributed by atoms with E-state index in [0.29, 0.717) is 25.7 Å². The van der Waals surface area contributed by atoms with E-state index in [0.717, 1.165) is 13.1 Å². The van der Waals surface area contributed by atoms with Gasteiger partial charge in [0.25, 0.3) is 0 Å². The van der Waals surface area contributed by atoms with Crippen molar-refractivity contribution in [3.63, 3.8) is 0 Å². The number of carbonyl (C=O) groups is 1. The minimum Gasteiger partial charge on any atom is -0.481 e. The number of nitrogens with zero attached hydrogens (tertiary/aromatic N) is 2. The summed E-state index contributed by atoms with van der Waals surface area (Å²) in [5, 5.41) is 9.13. The lowest BCUT2D eigenvalue weighted by molar-refractivity contribution is -0.142. The summed E-state index contributed by atoms with van der Waals surface area (Å²) in [6.45, 7) is 5.74. The predicted molar refractivity (Wildman–Crippen MR) is 61.5 cm³/mol. The Morgan fingerprint density at radius 1 is 1.44 bits per heavy atom. The molecule has 1 aliphatic rings. The largest absolute Gasteiger partial charge is 0.481 e. The standard InChI is InChI=1S/C11H22N2O3/c1-9-6-12(2)7-10(11(14)15)8-13(9)4-5-16-3/h9-10H,4-8H2,1-3H3,(H,14,15). The zero-order valence-corrected chi connectivity index (χ0v) is 10.3. The van der Waals surface area contributed by atoms with Crippen molar-refractivity contribution in [3.05, 3.63) is 0 Å². The van der Waals surface area contributed by atoms with E-state index in [9.17, 15) is 4.79 Å². The number of methoxy groups -OCH3 is 1. The maximum Gasteiger partial charge on any atom is 0.309 e. The molecule has 5 heteroatoms. The number of ether oxygens (including phenoxy) is 1. The lowest BCUT2D eigenvalue weighted by Crippen LogP contribution is -2.41.